The van der Waals surface area contributed by atoms with Crippen molar-refractivity contribution in [3.63, 3.8) is 0 Å². The maximum absolute atomic E-state index is 12.4. The standard InChI is InChI=1S/C17H20Cl2N4O2S/c1-11(15(24)20-6-7-22(2)3)23-8-9-26-17(23)21-16(25)12-4-5-13(18)14(19)10-12/h4-5,8-11H,6-7H2,1-3H3,(H,20,24). The zero-order valence-corrected chi connectivity index (χ0v) is 17.0. The van der Waals surface area contributed by atoms with Crippen LogP contribution in [-0.2, 0) is 4.79 Å². The fraction of sp³-hybridized carbons (Fsp3) is 0.353. The average molecular weight is 415 g/mol. The number of hydrogen-bond donors (Lipinski definition) is 1. The Balaban J connectivity index is 2.18. The Morgan fingerprint density at radius 1 is 1.31 bits per heavy atom. The summed E-state index contributed by atoms with van der Waals surface area (Å²) in [6.45, 7) is 3.07. The third kappa shape index (κ3) is 5.41. The Labute approximate surface area is 166 Å². The molecule has 26 heavy (non-hydrogen) atoms. The van der Waals surface area contributed by atoms with Gasteiger partial charge < -0.3 is 14.8 Å². The SMILES string of the molecule is CC(C(=O)NCCN(C)C)n1ccsc1=NC(=O)c1ccc(Cl)c(Cl)c1. The van der Waals surface area contributed by atoms with Gasteiger partial charge in [0, 0.05) is 30.2 Å². The monoisotopic (exact) mass is 414 g/mol. The van der Waals surface area contributed by atoms with E-state index in [2.05, 4.69) is 10.3 Å². The summed E-state index contributed by atoms with van der Waals surface area (Å²) in [7, 11) is 3.88. The third-order valence-electron chi connectivity index (χ3n) is 3.63. The molecule has 0 fully saturated rings. The Morgan fingerprint density at radius 2 is 2.04 bits per heavy atom. The molecule has 1 N–H and O–H groups in total. The first-order valence-corrected chi connectivity index (χ1v) is 9.55. The number of benzene rings is 1. The number of carbonyl (C=O) groups excluding carboxylic acids is 2. The lowest BCUT2D eigenvalue weighted by Gasteiger charge is -2.15. The number of likely N-dealkylation sites (N-methyl/N-ethyl adjacent to an activating group) is 1. The largest absolute Gasteiger partial charge is 0.353 e. The first-order valence-electron chi connectivity index (χ1n) is 7.91. The van der Waals surface area contributed by atoms with Gasteiger partial charge in [-0.3, -0.25) is 9.59 Å². The number of nitrogens with zero attached hydrogens (tertiary/aromatic N) is 3. The van der Waals surface area contributed by atoms with Crippen molar-refractivity contribution in [3.8, 4) is 0 Å². The van der Waals surface area contributed by atoms with Gasteiger partial charge in [0.05, 0.1) is 10.0 Å². The van der Waals surface area contributed by atoms with Crippen molar-refractivity contribution >= 4 is 46.4 Å². The first-order chi connectivity index (χ1) is 12.3. The molecule has 140 valence electrons. The van der Waals surface area contributed by atoms with E-state index in [1.54, 1.807) is 35.2 Å². The third-order valence-corrected chi connectivity index (χ3v) is 5.14. The molecule has 1 aromatic heterocycles. The normalized spacial score (nSPS) is 13.1. The molecule has 0 aliphatic rings. The second-order valence-electron chi connectivity index (χ2n) is 5.91. The summed E-state index contributed by atoms with van der Waals surface area (Å²) in [6.07, 6.45) is 1.74. The van der Waals surface area contributed by atoms with Crippen molar-refractivity contribution in [2.24, 2.45) is 4.99 Å². The molecule has 1 heterocycles. The molecule has 0 aliphatic carbocycles. The van der Waals surface area contributed by atoms with E-state index >= 15 is 0 Å². The molecule has 0 spiro atoms. The Bertz CT molecular complexity index is 860. The highest BCUT2D eigenvalue weighted by Crippen LogP contribution is 2.22. The number of hydrogen-bond acceptors (Lipinski definition) is 4. The van der Waals surface area contributed by atoms with Gasteiger partial charge in [0.25, 0.3) is 5.91 Å². The molecule has 2 amide bonds. The molecular formula is C17H20Cl2N4O2S. The van der Waals surface area contributed by atoms with Gasteiger partial charge in [0.2, 0.25) is 5.91 Å². The van der Waals surface area contributed by atoms with E-state index in [1.165, 1.54) is 17.4 Å². The van der Waals surface area contributed by atoms with Gasteiger partial charge in [-0.1, -0.05) is 23.2 Å². The molecule has 2 aromatic rings. The highest BCUT2D eigenvalue weighted by Gasteiger charge is 2.16. The molecule has 0 bridgehead atoms. The topological polar surface area (TPSA) is 66.7 Å². The molecule has 0 radical (unpaired) electrons. The molecule has 1 atom stereocenters. The highest BCUT2D eigenvalue weighted by molar-refractivity contribution is 7.07. The highest BCUT2D eigenvalue weighted by atomic mass is 35.5. The summed E-state index contributed by atoms with van der Waals surface area (Å²) in [5, 5.41) is 5.32. The summed E-state index contributed by atoms with van der Waals surface area (Å²) in [4.78, 5) is 31.2. The summed E-state index contributed by atoms with van der Waals surface area (Å²) in [5.74, 6) is -0.575. The number of rotatable bonds is 6. The van der Waals surface area contributed by atoms with Crippen molar-refractivity contribution in [1.82, 2.24) is 14.8 Å². The van der Waals surface area contributed by atoms with Crippen molar-refractivity contribution in [1.29, 1.82) is 0 Å². The number of amides is 2. The molecule has 0 saturated carbocycles. The number of carbonyl (C=O) groups is 2. The van der Waals surface area contributed by atoms with Gasteiger partial charge in [-0.05, 0) is 39.2 Å². The summed E-state index contributed by atoms with van der Waals surface area (Å²) >= 11 is 13.1. The van der Waals surface area contributed by atoms with Crippen LogP contribution in [0.15, 0.2) is 34.8 Å². The van der Waals surface area contributed by atoms with Crippen LogP contribution in [0.3, 0.4) is 0 Å². The van der Waals surface area contributed by atoms with Gasteiger partial charge >= 0.3 is 0 Å². The number of aromatic nitrogens is 1. The van der Waals surface area contributed by atoms with E-state index < -0.39 is 11.9 Å². The Kier molecular flexibility index (Phi) is 7.40. The first kappa shape index (κ1) is 20.6. The van der Waals surface area contributed by atoms with Gasteiger partial charge in [0.1, 0.15) is 6.04 Å². The quantitative estimate of drug-likeness (QED) is 0.789. The van der Waals surface area contributed by atoms with Gasteiger partial charge in [-0.2, -0.15) is 4.99 Å². The molecule has 6 nitrogen and oxygen atoms in total. The lowest BCUT2D eigenvalue weighted by atomic mass is 10.2. The lowest BCUT2D eigenvalue weighted by Crippen LogP contribution is -2.37. The lowest BCUT2D eigenvalue weighted by molar-refractivity contribution is -0.123. The van der Waals surface area contributed by atoms with Crippen LogP contribution in [0.2, 0.25) is 10.0 Å². The summed E-state index contributed by atoms with van der Waals surface area (Å²) < 4.78 is 1.67. The number of nitrogens with one attached hydrogen (secondary N) is 1. The minimum Gasteiger partial charge on any atom is -0.353 e. The molecule has 2 rings (SSSR count). The van der Waals surface area contributed by atoms with E-state index in [0.717, 1.165) is 6.54 Å². The number of halogens is 2. The fourth-order valence-corrected chi connectivity index (χ4v) is 3.21. The molecular weight excluding hydrogens is 395 g/mol. The predicted molar refractivity (Wildman–Crippen MR) is 105 cm³/mol. The fourth-order valence-electron chi connectivity index (χ4n) is 2.12. The van der Waals surface area contributed by atoms with Crippen LogP contribution in [0.25, 0.3) is 0 Å². The van der Waals surface area contributed by atoms with Crippen LogP contribution in [0.4, 0.5) is 0 Å². The van der Waals surface area contributed by atoms with E-state index in [1.807, 2.05) is 19.0 Å². The maximum atomic E-state index is 12.4. The van der Waals surface area contributed by atoms with Gasteiger partial charge in [0.15, 0.2) is 4.80 Å². The van der Waals surface area contributed by atoms with E-state index in [0.29, 0.717) is 27.0 Å². The van der Waals surface area contributed by atoms with Crippen molar-refractivity contribution in [2.45, 2.75) is 13.0 Å². The van der Waals surface area contributed by atoms with Crippen LogP contribution < -0.4 is 10.1 Å². The Hall–Kier alpha value is -1.67. The van der Waals surface area contributed by atoms with E-state index in [-0.39, 0.29) is 5.91 Å². The number of thiazole rings is 1. The van der Waals surface area contributed by atoms with E-state index in [9.17, 15) is 9.59 Å². The predicted octanol–water partition coefficient (Wildman–Crippen LogP) is 2.84. The second-order valence-corrected chi connectivity index (χ2v) is 7.60. The summed E-state index contributed by atoms with van der Waals surface area (Å²) in [6, 6.07) is 4.11. The van der Waals surface area contributed by atoms with Crippen molar-refractivity contribution in [2.75, 3.05) is 27.2 Å². The van der Waals surface area contributed by atoms with Gasteiger partial charge in [-0.15, -0.1) is 11.3 Å². The molecule has 1 unspecified atom stereocenters. The van der Waals surface area contributed by atoms with Crippen LogP contribution in [0.1, 0.15) is 23.3 Å². The minimum atomic E-state index is -0.483. The molecule has 0 saturated heterocycles. The van der Waals surface area contributed by atoms with Crippen LogP contribution >= 0.6 is 34.5 Å². The van der Waals surface area contributed by atoms with Crippen LogP contribution in [0, 0.1) is 0 Å². The molecule has 0 aliphatic heterocycles. The molecule has 9 heteroatoms. The average Bonchev–Trinajstić information content (AvgIpc) is 3.04. The zero-order valence-electron chi connectivity index (χ0n) is 14.7. The second kappa shape index (κ2) is 9.32. The van der Waals surface area contributed by atoms with Crippen molar-refractivity contribution in [3.05, 3.63) is 50.2 Å². The summed E-state index contributed by atoms with van der Waals surface area (Å²) in [5.41, 5.74) is 0.336. The van der Waals surface area contributed by atoms with Crippen LogP contribution in [-0.4, -0.2) is 48.5 Å². The smallest absolute Gasteiger partial charge is 0.279 e. The van der Waals surface area contributed by atoms with Crippen molar-refractivity contribution < 1.29 is 9.59 Å². The maximum Gasteiger partial charge on any atom is 0.279 e. The van der Waals surface area contributed by atoms with Crippen LogP contribution in [0.5, 0.6) is 0 Å². The Morgan fingerprint density at radius 3 is 2.69 bits per heavy atom. The minimum absolute atomic E-state index is 0.131. The molecule has 1 aromatic carbocycles. The van der Waals surface area contributed by atoms with E-state index in [4.69, 9.17) is 23.2 Å². The van der Waals surface area contributed by atoms with Gasteiger partial charge in [-0.25, -0.2) is 0 Å². The zero-order chi connectivity index (χ0) is 19.3.